The van der Waals surface area contributed by atoms with Crippen molar-refractivity contribution in [1.82, 2.24) is 4.90 Å². The monoisotopic (exact) mass is 305 g/mol. The SMILES string of the molecule is COc1cc(OC)cc(C(=O)N2[C@H]3CC[C@H]2CC(OC)C3)c1. The molecule has 2 fully saturated rings. The van der Waals surface area contributed by atoms with Gasteiger partial charge in [0.15, 0.2) is 0 Å². The lowest BCUT2D eigenvalue weighted by atomic mass is 9.98. The lowest BCUT2D eigenvalue weighted by molar-refractivity contribution is 0.00819. The molecule has 2 bridgehead atoms. The number of fused-ring (bicyclic) bond motifs is 2. The summed E-state index contributed by atoms with van der Waals surface area (Å²) in [5, 5.41) is 0. The average Bonchev–Trinajstić information content (AvgIpc) is 2.83. The van der Waals surface area contributed by atoms with Gasteiger partial charge in [-0.25, -0.2) is 0 Å². The molecule has 120 valence electrons. The number of hydrogen-bond acceptors (Lipinski definition) is 4. The molecule has 5 nitrogen and oxygen atoms in total. The van der Waals surface area contributed by atoms with Crippen molar-refractivity contribution in [3.63, 3.8) is 0 Å². The Kier molecular flexibility index (Phi) is 4.25. The molecule has 0 aromatic heterocycles. The topological polar surface area (TPSA) is 48.0 Å². The van der Waals surface area contributed by atoms with Crippen LogP contribution in [0, 0.1) is 0 Å². The predicted octanol–water partition coefficient (Wildman–Crippen LogP) is 2.49. The second-order valence-electron chi connectivity index (χ2n) is 6.03. The number of benzene rings is 1. The zero-order valence-electron chi connectivity index (χ0n) is 13.4. The molecule has 2 aliphatic heterocycles. The van der Waals surface area contributed by atoms with E-state index in [2.05, 4.69) is 0 Å². The fourth-order valence-corrected chi connectivity index (χ4v) is 3.73. The Morgan fingerprint density at radius 3 is 2.00 bits per heavy atom. The summed E-state index contributed by atoms with van der Waals surface area (Å²) in [4.78, 5) is 15.0. The van der Waals surface area contributed by atoms with Crippen LogP contribution in [0.1, 0.15) is 36.0 Å². The van der Waals surface area contributed by atoms with E-state index in [0.29, 0.717) is 17.1 Å². The van der Waals surface area contributed by atoms with Crippen LogP contribution < -0.4 is 9.47 Å². The maximum absolute atomic E-state index is 13.0. The summed E-state index contributed by atoms with van der Waals surface area (Å²) in [6.45, 7) is 0. The van der Waals surface area contributed by atoms with E-state index < -0.39 is 0 Å². The number of piperidine rings is 1. The molecule has 3 rings (SSSR count). The summed E-state index contributed by atoms with van der Waals surface area (Å²) >= 11 is 0. The van der Waals surface area contributed by atoms with Crippen molar-refractivity contribution in [2.24, 2.45) is 0 Å². The molecule has 2 aliphatic rings. The molecule has 0 saturated carbocycles. The third kappa shape index (κ3) is 2.65. The van der Waals surface area contributed by atoms with Gasteiger partial charge < -0.3 is 19.1 Å². The first-order valence-electron chi connectivity index (χ1n) is 7.74. The Labute approximate surface area is 131 Å². The van der Waals surface area contributed by atoms with E-state index in [1.54, 1.807) is 39.5 Å². The minimum Gasteiger partial charge on any atom is -0.497 e. The highest BCUT2D eigenvalue weighted by molar-refractivity contribution is 5.95. The third-order valence-electron chi connectivity index (χ3n) is 4.86. The van der Waals surface area contributed by atoms with Gasteiger partial charge in [0, 0.05) is 30.8 Å². The van der Waals surface area contributed by atoms with Crippen LogP contribution in [0.15, 0.2) is 18.2 Å². The zero-order valence-corrected chi connectivity index (χ0v) is 13.4. The summed E-state index contributed by atoms with van der Waals surface area (Å²) in [7, 11) is 4.95. The van der Waals surface area contributed by atoms with E-state index >= 15 is 0 Å². The van der Waals surface area contributed by atoms with E-state index in [1.807, 2.05) is 4.90 Å². The summed E-state index contributed by atoms with van der Waals surface area (Å²) in [5.41, 5.74) is 0.629. The summed E-state index contributed by atoms with van der Waals surface area (Å²) in [5.74, 6) is 1.35. The van der Waals surface area contributed by atoms with Crippen LogP contribution >= 0.6 is 0 Å². The molecule has 0 unspecified atom stereocenters. The van der Waals surface area contributed by atoms with Crippen molar-refractivity contribution in [2.45, 2.75) is 43.9 Å². The minimum atomic E-state index is 0.0688. The van der Waals surface area contributed by atoms with Crippen LogP contribution in [-0.4, -0.2) is 50.3 Å². The number of carbonyl (C=O) groups is 1. The van der Waals surface area contributed by atoms with E-state index in [1.165, 1.54) is 0 Å². The highest BCUT2D eigenvalue weighted by Gasteiger charge is 2.43. The van der Waals surface area contributed by atoms with Crippen LogP contribution in [-0.2, 0) is 4.74 Å². The Balaban J connectivity index is 1.85. The number of methoxy groups -OCH3 is 3. The van der Waals surface area contributed by atoms with Gasteiger partial charge in [0.25, 0.3) is 5.91 Å². The van der Waals surface area contributed by atoms with Gasteiger partial charge in [-0.2, -0.15) is 0 Å². The Morgan fingerprint density at radius 2 is 1.55 bits per heavy atom. The van der Waals surface area contributed by atoms with Crippen molar-refractivity contribution in [2.75, 3.05) is 21.3 Å². The van der Waals surface area contributed by atoms with Gasteiger partial charge in [-0.15, -0.1) is 0 Å². The number of ether oxygens (including phenoxy) is 3. The maximum atomic E-state index is 13.0. The molecule has 2 saturated heterocycles. The Morgan fingerprint density at radius 1 is 1.00 bits per heavy atom. The first-order chi connectivity index (χ1) is 10.7. The Bertz CT molecular complexity index is 523. The molecule has 0 spiro atoms. The number of rotatable bonds is 4. The van der Waals surface area contributed by atoms with E-state index in [-0.39, 0.29) is 24.1 Å². The van der Waals surface area contributed by atoms with Gasteiger partial charge in [0.05, 0.1) is 20.3 Å². The van der Waals surface area contributed by atoms with Crippen LogP contribution in [0.3, 0.4) is 0 Å². The molecule has 2 atom stereocenters. The molecule has 2 heterocycles. The second kappa shape index (κ2) is 6.16. The Hall–Kier alpha value is -1.75. The zero-order chi connectivity index (χ0) is 15.7. The van der Waals surface area contributed by atoms with Gasteiger partial charge in [-0.1, -0.05) is 0 Å². The van der Waals surface area contributed by atoms with Crippen LogP contribution in [0.4, 0.5) is 0 Å². The number of amides is 1. The summed E-state index contributed by atoms with van der Waals surface area (Å²) in [6, 6.07) is 5.92. The molecule has 0 N–H and O–H groups in total. The molecule has 1 aromatic carbocycles. The van der Waals surface area contributed by atoms with Crippen molar-refractivity contribution >= 4 is 5.91 Å². The first-order valence-corrected chi connectivity index (χ1v) is 7.74. The molecular weight excluding hydrogens is 282 g/mol. The van der Waals surface area contributed by atoms with Gasteiger partial charge in [0.1, 0.15) is 11.5 Å². The van der Waals surface area contributed by atoms with Crippen molar-refractivity contribution in [3.8, 4) is 11.5 Å². The highest BCUT2D eigenvalue weighted by atomic mass is 16.5. The number of hydrogen-bond donors (Lipinski definition) is 0. The molecule has 0 aliphatic carbocycles. The smallest absolute Gasteiger partial charge is 0.254 e. The van der Waals surface area contributed by atoms with Gasteiger partial charge >= 0.3 is 0 Å². The van der Waals surface area contributed by atoms with Crippen molar-refractivity contribution < 1.29 is 19.0 Å². The van der Waals surface area contributed by atoms with Gasteiger partial charge in [0.2, 0.25) is 0 Å². The molecule has 5 heteroatoms. The van der Waals surface area contributed by atoms with Gasteiger partial charge in [-0.3, -0.25) is 4.79 Å². The standard InChI is InChI=1S/C17H23NO4/c1-20-14-6-11(7-15(10-14)21-2)17(19)18-12-4-5-13(18)9-16(8-12)22-3/h6-7,10,12-13,16H,4-5,8-9H2,1-3H3/t12-,13-/m0/s1. The molecule has 0 radical (unpaired) electrons. The maximum Gasteiger partial charge on any atom is 0.254 e. The fourth-order valence-electron chi connectivity index (χ4n) is 3.73. The quantitative estimate of drug-likeness (QED) is 0.857. The van der Waals surface area contributed by atoms with Crippen LogP contribution in [0.2, 0.25) is 0 Å². The van der Waals surface area contributed by atoms with Crippen LogP contribution in [0.25, 0.3) is 0 Å². The lowest BCUT2D eigenvalue weighted by Gasteiger charge is -2.38. The van der Waals surface area contributed by atoms with Crippen LogP contribution in [0.5, 0.6) is 11.5 Å². The second-order valence-corrected chi connectivity index (χ2v) is 6.03. The van der Waals surface area contributed by atoms with E-state index in [9.17, 15) is 4.79 Å². The van der Waals surface area contributed by atoms with Crippen molar-refractivity contribution in [3.05, 3.63) is 23.8 Å². The first kappa shape index (κ1) is 15.2. The van der Waals surface area contributed by atoms with E-state index in [4.69, 9.17) is 14.2 Å². The largest absolute Gasteiger partial charge is 0.497 e. The average molecular weight is 305 g/mol. The van der Waals surface area contributed by atoms with E-state index in [0.717, 1.165) is 25.7 Å². The number of carbonyl (C=O) groups excluding carboxylic acids is 1. The molecule has 1 aromatic rings. The summed E-state index contributed by atoms with van der Waals surface area (Å²) < 4.78 is 16.0. The normalized spacial score (nSPS) is 26.9. The number of nitrogens with zero attached hydrogens (tertiary/aromatic N) is 1. The third-order valence-corrected chi connectivity index (χ3v) is 4.86. The fraction of sp³-hybridized carbons (Fsp3) is 0.588. The van der Waals surface area contributed by atoms with Crippen molar-refractivity contribution in [1.29, 1.82) is 0 Å². The highest BCUT2D eigenvalue weighted by Crippen LogP contribution is 2.38. The minimum absolute atomic E-state index is 0.0688. The predicted molar refractivity (Wildman–Crippen MR) is 82.6 cm³/mol. The molecular formula is C17H23NO4. The molecule has 1 amide bonds. The summed E-state index contributed by atoms with van der Waals surface area (Å²) in [6.07, 6.45) is 4.27. The lowest BCUT2D eigenvalue weighted by Crippen LogP contribution is -2.48. The van der Waals surface area contributed by atoms with Gasteiger partial charge in [-0.05, 0) is 37.8 Å². The molecule has 22 heavy (non-hydrogen) atoms.